The molecule has 1 atom stereocenters. The number of hydrogen-bond donors (Lipinski definition) is 3. The number of amides is 1. The number of rotatable bonds is 7. The lowest BCUT2D eigenvalue weighted by Crippen LogP contribution is -2.31. The average molecular weight is 381 g/mol. The second-order valence-corrected chi connectivity index (χ2v) is 7.25. The molecule has 0 aromatic carbocycles. The van der Waals surface area contributed by atoms with Crippen LogP contribution in [0.2, 0.25) is 0 Å². The number of H-pyrrole nitrogens is 1. The number of anilines is 1. The highest BCUT2D eigenvalue weighted by molar-refractivity contribution is 5.87. The zero-order valence-corrected chi connectivity index (χ0v) is 16.3. The third kappa shape index (κ3) is 5.29. The van der Waals surface area contributed by atoms with Crippen LogP contribution in [0.1, 0.15) is 20.3 Å². The van der Waals surface area contributed by atoms with Crippen LogP contribution in [0.4, 0.5) is 5.69 Å². The van der Waals surface area contributed by atoms with Crippen molar-refractivity contribution in [3.8, 4) is 11.1 Å². The van der Waals surface area contributed by atoms with E-state index in [0.717, 1.165) is 17.5 Å². The highest BCUT2D eigenvalue weighted by Gasteiger charge is 2.25. The van der Waals surface area contributed by atoms with Crippen molar-refractivity contribution in [3.63, 3.8) is 0 Å². The number of likely N-dealkylation sites (tertiary alicyclic amines) is 1. The maximum Gasteiger partial charge on any atom is 0.271 e. The van der Waals surface area contributed by atoms with Gasteiger partial charge in [0.05, 0.1) is 0 Å². The van der Waals surface area contributed by atoms with Gasteiger partial charge in [0, 0.05) is 61.9 Å². The maximum absolute atomic E-state index is 12.3. The van der Waals surface area contributed by atoms with Crippen LogP contribution in [-0.2, 0) is 4.79 Å². The van der Waals surface area contributed by atoms with Gasteiger partial charge in [-0.2, -0.15) is 0 Å². The summed E-state index contributed by atoms with van der Waals surface area (Å²) >= 11 is 0. The summed E-state index contributed by atoms with van der Waals surface area (Å²) in [7, 11) is 0. The Morgan fingerprint density at radius 1 is 1.36 bits per heavy atom. The van der Waals surface area contributed by atoms with E-state index in [1.54, 1.807) is 24.7 Å². The predicted octanol–water partition coefficient (Wildman–Crippen LogP) is 2.00. The molecule has 0 spiro atoms. The van der Waals surface area contributed by atoms with Crippen molar-refractivity contribution in [2.24, 2.45) is 0 Å². The topological polar surface area (TPSA) is 90.1 Å². The molecule has 1 amide bonds. The number of nitrogens with one attached hydrogen (secondary N) is 3. The highest BCUT2D eigenvalue weighted by Crippen LogP contribution is 2.20. The van der Waals surface area contributed by atoms with Crippen LogP contribution in [0.15, 0.2) is 53.7 Å². The third-order valence-corrected chi connectivity index (χ3v) is 4.68. The van der Waals surface area contributed by atoms with E-state index in [1.807, 2.05) is 29.2 Å². The van der Waals surface area contributed by atoms with Gasteiger partial charge in [0.1, 0.15) is 5.69 Å². The van der Waals surface area contributed by atoms with E-state index in [2.05, 4.69) is 34.4 Å². The number of aromatic nitrogens is 2. The van der Waals surface area contributed by atoms with E-state index in [1.165, 1.54) is 0 Å². The van der Waals surface area contributed by atoms with Crippen molar-refractivity contribution in [3.05, 3.63) is 59.3 Å². The highest BCUT2D eigenvalue weighted by atomic mass is 16.2. The summed E-state index contributed by atoms with van der Waals surface area (Å²) in [4.78, 5) is 33.1. The number of pyridine rings is 2. The summed E-state index contributed by atoms with van der Waals surface area (Å²) < 4.78 is 0. The van der Waals surface area contributed by atoms with Crippen LogP contribution in [0, 0.1) is 0 Å². The Morgan fingerprint density at radius 2 is 2.14 bits per heavy atom. The monoisotopic (exact) mass is 381 g/mol. The summed E-state index contributed by atoms with van der Waals surface area (Å²) in [6, 6.07) is 6.08. The summed E-state index contributed by atoms with van der Waals surface area (Å²) in [5.41, 5.74) is 2.25. The van der Waals surface area contributed by atoms with Gasteiger partial charge in [0.2, 0.25) is 5.91 Å². The van der Waals surface area contributed by atoms with Crippen molar-refractivity contribution < 1.29 is 4.79 Å². The lowest BCUT2D eigenvalue weighted by molar-refractivity contribution is -0.125. The molecule has 2 aromatic heterocycles. The van der Waals surface area contributed by atoms with Crippen molar-refractivity contribution in [2.45, 2.75) is 32.4 Å². The Morgan fingerprint density at radius 3 is 2.89 bits per heavy atom. The van der Waals surface area contributed by atoms with E-state index in [0.29, 0.717) is 31.4 Å². The van der Waals surface area contributed by atoms with Crippen molar-refractivity contribution >= 4 is 11.6 Å². The minimum atomic E-state index is -0.165. The first-order valence-corrected chi connectivity index (χ1v) is 9.61. The van der Waals surface area contributed by atoms with E-state index in [-0.39, 0.29) is 17.5 Å². The van der Waals surface area contributed by atoms with Crippen LogP contribution in [0.3, 0.4) is 0 Å². The molecule has 0 radical (unpaired) electrons. The lowest BCUT2D eigenvalue weighted by atomic mass is 10.1. The van der Waals surface area contributed by atoms with E-state index in [9.17, 15) is 9.59 Å². The molecule has 3 N–H and O–H groups in total. The first-order chi connectivity index (χ1) is 13.5. The molecule has 1 aliphatic heterocycles. The van der Waals surface area contributed by atoms with E-state index < -0.39 is 0 Å². The first-order valence-electron chi connectivity index (χ1n) is 9.61. The second-order valence-electron chi connectivity index (χ2n) is 7.25. The molecule has 0 aliphatic carbocycles. The van der Waals surface area contributed by atoms with Crippen LogP contribution >= 0.6 is 0 Å². The molecule has 7 heteroatoms. The molecule has 28 heavy (non-hydrogen) atoms. The fourth-order valence-electron chi connectivity index (χ4n) is 3.17. The predicted molar refractivity (Wildman–Crippen MR) is 111 cm³/mol. The molecule has 1 aliphatic rings. The zero-order chi connectivity index (χ0) is 19.9. The molecule has 148 valence electrons. The lowest BCUT2D eigenvalue weighted by Gasteiger charge is -2.16. The molecule has 2 aromatic rings. The van der Waals surface area contributed by atoms with Gasteiger partial charge in [-0.15, -0.1) is 0 Å². The molecule has 0 unspecified atom stereocenters. The van der Waals surface area contributed by atoms with Crippen molar-refractivity contribution in [2.75, 3.05) is 25.0 Å². The van der Waals surface area contributed by atoms with Crippen LogP contribution < -0.4 is 16.2 Å². The molecule has 0 bridgehead atoms. The van der Waals surface area contributed by atoms with Gasteiger partial charge in [-0.25, -0.2) is 0 Å². The molecule has 0 saturated carbocycles. The number of carbonyl (C=O) groups excluding carboxylic acids is 1. The third-order valence-electron chi connectivity index (χ3n) is 4.68. The van der Waals surface area contributed by atoms with E-state index >= 15 is 0 Å². The minimum Gasteiger partial charge on any atom is -0.376 e. The Kier molecular flexibility index (Phi) is 6.60. The average Bonchev–Trinajstić information content (AvgIpc) is 3.16. The fourth-order valence-corrected chi connectivity index (χ4v) is 3.17. The van der Waals surface area contributed by atoms with Crippen LogP contribution in [0.5, 0.6) is 0 Å². The van der Waals surface area contributed by atoms with Crippen molar-refractivity contribution in [1.29, 1.82) is 0 Å². The van der Waals surface area contributed by atoms with Gasteiger partial charge in [-0.1, -0.05) is 19.9 Å². The van der Waals surface area contributed by atoms with E-state index in [4.69, 9.17) is 0 Å². The van der Waals surface area contributed by atoms with Gasteiger partial charge >= 0.3 is 0 Å². The van der Waals surface area contributed by atoms with Gasteiger partial charge in [-0.3, -0.25) is 14.6 Å². The quantitative estimate of drug-likeness (QED) is 0.639. The number of aromatic amines is 1. The summed E-state index contributed by atoms with van der Waals surface area (Å²) in [6.07, 6.45) is 9.42. The minimum absolute atomic E-state index is 0.00861. The molecular weight excluding hydrogens is 354 g/mol. The molecule has 7 nitrogen and oxygen atoms in total. The summed E-state index contributed by atoms with van der Waals surface area (Å²) in [5.74, 6) is 0.00861. The largest absolute Gasteiger partial charge is 0.376 e. The Labute approximate surface area is 164 Å². The summed E-state index contributed by atoms with van der Waals surface area (Å²) in [6.45, 7) is 6.08. The molecule has 3 heterocycles. The zero-order valence-electron chi connectivity index (χ0n) is 16.3. The Balaban J connectivity index is 1.59. The van der Waals surface area contributed by atoms with Gasteiger partial charge in [-0.05, 0) is 30.2 Å². The second kappa shape index (κ2) is 9.32. The Bertz CT molecular complexity index is 876. The Hall–Kier alpha value is -2.93. The SMILES string of the molecule is CC(C)NCC=CC(=O)N1CC[C@H](Nc2cc(-c3ccncc3)c[nH]c2=O)C1. The summed E-state index contributed by atoms with van der Waals surface area (Å²) in [5, 5.41) is 6.54. The molecular formula is C21H27N5O2. The van der Waals surface area contributed by atoms with Crippen molar-refractivity contribution in [1.82, 2.24) is 20.2 Å². The van der Waals surface area contributed by atoms with Crippen LogP contribution in [0.25, 0.3) is 11.1 Å². The number of carbonyl (C=O) groups is 1. The van der Waals surface area contributed by atoms with Gasteiger partial charge in [0.15, 0.2) is 0 Å². The van der Waals surface area contributed by atoms with Crippen LogP contribution in [-0.4, -0.2) is 52.5 Å². The fraction of sp³-hybridized carbons (Fsp3) is 0.381. The number of nitrogens with zero attached hydrogens (tertiary/aromatic N) is 2. The number of hydrogen-bond acceptors (Lipinski definition) is 5. The normalized spacial score (nSPS) is 16.8. The maximum atomic E-state index is 12.3. The smallest absolute Gasteiger partial charge is 0.271 e. The first kappa shape index (κ1) is 19.8. The molecule has 3 rings (SSSR count). The van der Waals surface area contributed by atoms with Gasteiger partial charge < -0.3 is 20.5 Å². The molecule has 1 fully saturated rings. The van der Waals surface area contributed by atoms with Gasteiger partial charge in [0.25, 0.3) is 5.56 Å². The standard InChI is InChI=1S/C21H27N5O2/c1-15(2)23-8-3-4-20(27)26-11-7-18(14-26)25-19-12-17(13-24-21(19)28)16-5-9-22-10-6-16/h3-6,9-10,12-13,15,18,23,25H,7-8,11,14H2,1-2H3,(H,24,28)/t18-/m0/s1. The molecule has 1 saturated heterocycles.